The number of aromatic nitrogens is 5. The van der Waals surface area contributed by atoms with Gasteiger partial charge in [0, 0.05) is 5.39 Å². The highest BCUT2D eigenvalue weighted by molar-refractivity contribution is 7.26. The SMILES string of the molecule is Cc1cc(C(F)(F)F)nc2sc3c(ncn4nc(-c5ccccc5OC(F)F)nc34)c12. The van der Waals surface area contributed by atoms with Gasteiger partial charge >= 0.3 is 12.8 Å². The number of thiophene rings is 1. The van der Waals surface area contributed by atoms with Crippen LogP contribution in [0.25, 0.3) is 37.5 Å². The maximum atomic E-state index is 13.2. The van der Waals surface area contributed by atoms with Crippen LogP contribution in [0, 0.1) is 6.92 Å². The number of fused-ring (bicyclic) bond motifs is 5. The van der Waals surface area contributed by atoms with Crippen LogP contribution in [-0.4, -0.2) is 31.2 Å². The lowest BCUT2D eigenvalue weighted by Crippen LogP contribution is -2.07. The van der Waals surface area contributed by atoms with Gasteiger partial charge in [-0.15, -0.1) is 16.4 Å². The molecular formula is C19H10F5N5OS. The highest BCUT2D eigenvalue weighted by Gasteiger charge is 2.33. The first-order valence-electron chi connectivity index (χ1n) is 8.79. The number of benzene rings is 1. The number of nitrogens with zero attached hydrogens (tertiary/aromatic N) is 5. The molecule has 0 amide bonds. The normalized spacial score (nSPS) is 12.5. The Bertz CT molecular complexity index is 1460. The minimum absolute atomic E-state index is 0.0960. The number of ether oxygens (including phenoxy) is 1. The molecule has 0 fully saturated rings. The molecule has 0 radical (unpaired) electrons. The van der Waals surface area contributed by atoms with Crippen LogP contribution in [0.15, 0.2) is 36.7 Å². The quantitative estimate of drug-likeness (QED) is 0.340. The van der Waals surface area contributed by atoms with Crippen molar-refractivity contribution in [3.05, 3.63) is 47.9 Å². The molecule has 0 saturated heterocycles. The van der Waals surface area contributed by atoms with Crippen molar-refractivity contribution in [3.8, 4) is 17.1 Å². The fraction of sp³-hybridized carbons (Fsp3) is 0.158. The van der Waals surface area contributed by atoms with Crippen molar-refractivity contribution in [2.75, 3.05) is 0 Å². The van der Waals surface area contributed by atoms with E-state index in [0.717, 1.165) is 17.4 Å². The lowest BCUT2D eigenvalue weighted by Gasteiger charge is -2.07. The molecular weight excluding hydrogens is 441 g/mol. The summed E-state index contributed by atoms with van der Waals surface area (Å²) in [4.78, 5) is 12.7. The molecule has 0 unspecified atom stereocenters. The molecule has 6 nitrogen and oxygen atoms in total. The number of para-hydroxylation sites is 1. The van der Waals surface area contributed by atoms with E-state index in [4.69, 9.17) is 0 Å². The Morgan fingerprint density at radius 2 is 1.90 bits per heavy atom. The van der Waals surface area contributed by atoms with E-state index < -0.39 is 18.5 Å². The molecule has 0 saturated carbocycles. The highest BCUT2D eigenvalue weighted by Crippen LogP contribution is 2.39. The van der Waals surface area contributed by atoms with Crippen LogP contribution >= 0.6 is 11.3 Å². The minimum atomic E-state index is -4.58. The van der Waals surface area contributed by atoms with Crippen LogP contribution in [-0.2, 0) is 6.18 Å². The average Bonchev–Trinajstić information content (AvgIpc) is 3.28. The van der Waals surface area contributed by atoms with E-state index in [2.05, 4.69) is 24.8 Å². The first kappa shape index (κ1) is 19.5. The van der Waals surface area contributed by atoms with Crippen LogP contribution in [0.4, 0.5) is 22.0 Å². The second-order valence-electron chi connectivity index (χ2n) is 6.60. The molecule has 0 atom stereocenters. The van der Waals surface area contributed by atoms with Gasteiger partial charge in [0.05, 0.1) is 11.1 Å². The predicted molar refractivity (Wildman–Crippen MR) is 103 cm³/mol. The summed E-state index contributed by atoms with van der Waals surface area (Å²) in [6.07, 6.45) is -3.21. The molecule has 0 aliphatic rings. The number of pyridine rings is 1. The Balaban J connectivity index is 1.74. The Labute approximate surface area is 173 Å². The molecule has 0 aliphatic heterocycles. The van der Waals surface area contributed by atoms with Gasteiger partial charge in [0.1, 0.15) is 27.3 Å². The smallest absolute Gasteiger partial charge is 0.433 e. The van der Waals surface area contributed by atoms with Gasteiger partial charge in [-0.3, -0.25) is 0 Å². The average molecular weight is 451 g/mol. The number of aryl methyl sites for hydroxylation is 1. The van der Waals surface area contributed by atoms with Crippen LogP contribution in [0.1, 0.15) is 11.3 Å². The van der Waals surface area contributed by atoms with Crippen molar-refractivity contribution in [2.45, 2.75) is 19.7 Å². The molecule has 0 spiro atoms. The fourth-order valence-corrected chi connectivity index (χ4v) is 4.50. The molecule has 31 heavy (non-hydrogen) atoms. The number of hydrogen-bond acceptors (Lipinski definition) is 6. The maximum absolute atomic E-state index is 13.2. The summed E-state index contributed by atoms with van der Waals surface area (Å²) in [5, 5.41) is 4.78. The summed E-state index contributed by atoms with van der Waals surface area (Å²) >= 11 is 1.01. The monoisotopic (exact) mass is 451 g/mol. The van der Waals surface area contributed by atoms with Crippen LogP contribution in [0.5, 0.6) is 5.75 Å². The summed E-state index contributed by atoms with van der Waals surface area (Å²) in [5.41, 5.74) is 0.413. The molecule has 0 bridgehead atoms. The van der Waals surface area contributed by atoms with Gasteiger partial charge < -0.3 is 4.74 Å². The summed E-state index contributed by atoms with van der Waals surface area (Å²) < 4.78 is 71.3. The van der Waals surface area contributed by atoms with E-state index in [1.54, 1.807) is 13.0 Å². The molecule has 0 aliphatic carbocycles. The zero-order valence-electron chi connectivity index (χ0n) is 15.5. The lowest BCUT2D eigenvalue weighted by atomic mass is 10.1. The minimum Gasteiger partial charge on any atom is -0.434 e. The van der Waals surface area contributed by atoms with Gasteiger partial charge in [-0.1, -0.05) is 12.1 Å². The van der Waals surface area contributed by atoms with E-state index >= 15 is 0 Å². The van der Waals surface area contributed by atoms with Crippen molar-refractivity contribution < 1.29 is 26.7 Å². The zero-order valence-corrected chi connectivity index (χ0v) is 16.3. The van der Waals surface area contributed by atoms with E-state index in [-0.39, 0.29) is 22.0 Å². The molecule has 4 aromatic heterocycles. The van der Waals surface area contributed by atoms with E-state index in [1.807, 2.05) is 0 Å². The van der Waals surface area contributed by atoms with Crippen LogP contribution in [0.3, 0.4) is 0 Å². The maximum Gasteiger partial charge on any atom is 0.433 e. The molecule has 5 rings (SSSR count). The summed E-state index contributed by atoms with van der Waals surface area (Å²) in [7, 11) is 0. The van der Waals surface area contributed by atoms with Gasteiger partial charge in [0.15, 0.2) is 11.5 Å². The van der Waals surface area contributed by atoms with E-state index in [1.165, 1.54) is 29.0 Å². The topological polar surface area (TPSA) is 65.2 Å². The second-order valence-corrected chi connectivity index (χ2v) is 7.60. The molecule has 158 valence electrons. The number of halogens is 5. The van der Waals surface area contributed by atoms with Gasteiger partial charge in [-0.25, -0.2) is 19.5 Å². The Morgan fingerprint density at radius 1 is 1.13 bits per heavy atom. The van der Waals surface area contributed by atoms with Gasteiger partial charge in [0.25, 0.3) is 0 Å². The van der Waals surface area contributed by atoms with Crippen molar-refractivity contribution in [2.24, 2.45) is 0 Å². The summed E-state index contributed by atoms with van der Waals surface area (Å²) in [6.45, 7) is -1.46. The Morgan fingerprint density at radius 3 is 2.65 bits per heavy atom. The third kappa shape index (κ3) is 3.23. The van der Waals surface area contributed by atoms with Gasteiger partial charge in [-0.05, 0) is 30.7 Å². The molecule has 5 aromatic rings. The number of rotatable bonds is 3. The van der Waals surface area contributed by atoms with Crippen LogP contribution < -0.4 is 4.74 Å². The van der Waals surface area contributed by atoms with Crippen molar-refractivity contribution in [1.29, 1.82) is 0 Å². The third-order valence-corrected chi connectivity index (χ3v) is 5.67. The van der Waals surface area contributed by atoms with Crippen molar-refractivity contribution >= 4 is 37.4 Å². The highest BCUT2D eigenvalue weighted by atomic mass is 32.1. The molecule has 4 heterocycles. The zero-order chi connectivity index (χ0) is 21.9. The first-order chi connectivity index (χ1) is 14.7. The fourth-order valence-electron chi connectivity index (χ4n) is 3.32. The Hall–Kier alpha value is -3.41. The molecule has 12 heteroatoms. The lowest BCUT2D eigenvalue weighted by molar-refractivity contribution is -0.141. The number of hydrogen-bond donors (Lipinski definition) is 0. The largest absolute Gasteiger partial charge is 0.434 e. The van der Waals surface area contributed by atoms with Gasteiger partial charge in [-0.2, -0.15) is 22.0 Å². The summed E-state index contributed by atoms with van der Waals surface area (Å²) in [5.74, 6) is 0.0185. The van der Waals surface area contributed by atoms with Gasteiger partial charge in [0.2, 0.25) is 0 Å². The van der Waals surface area contributed by atoms with E-state index in [0.29, 0.717) is 26.8 Å². The predicted octanol–water partition coefficient (Wildman–Crippen LogP) is 5.48. The van der Waals surface area contributed by atoms with E-state index in [9.17, 15) is 22.0 Å². The molecule has 1 aromatic carbocycles. The second kappa shape index (κ2) is 6.80. The third-order valence-electron chi connectivity index (χ3n) is 4.60. The van der Waals surface area contributed by atoms with Crippen LogP contribution in [0.2, 0.25) is 0 Å². The van der Waals surface area contributed by atoms with Crippen molar-refractivity contribution in [1.82, 2.24) is 24.6 Å². The Kier molecular flexibility index (Phi) is 4.29. The van der Waals surface area contributed by atoms with Crippen molar-refractivity contribution in [3.63, 3.8) is 0 Å². The summed E-state index contributed by atoms with van der Waals surface area (Å²) in [6, 6.07) is 7.04. The standard InChI is InChI=1S/C19H10F5N5OS/c1-8-6-11(19(22,23)24)26-17-12(8)13-14(31-17)16-27-15(28-29(16)7-25-13)9-4-2-3-5-10(9)30-18(20)21/h2-7,18H,1H3. The first-order valence-corrected chi connectivity index (χ1v) is 9.60. The number of alkyl halides is 5. The molecule has 0 N–H and O–H groups in total.